The fourth-order valence-corrected chi connectivity index (χ4v) is 1.60. The van der Waals surface area contributed by atoms with Crippen molar-refractivity contribution in [3.63, 3.8) is 0 Å². The Hall–Kier alpha value is -0.930. The third-order valence-electron chi connectivity index (χ3n) is 2.44. The van der Waals surface area contributed by atoms with E-state index in [4.69, 9.17) is 0 Å². The second kappa shape index (κ2) is 4.53. The van der Waals surface area contributed by atoms with Crippen LogP contribution in [0, 0.1) is 13.8 Å². The van der Waals surface area contributed by atoms with Gasteiger partial charge in [0.2, 0.25) is 0 Å². The lowest BCUT2D eigenvalue weighted by molar-refractivity contribution is 0.0540. The van der Waals surface area contributed by atoms with Gasteiger partial charge in [-0.2, -0.15) is 13.9 Å². The van der Waals surface area contributed by atoms with E-state index in [9.17, 15) is 8.78 Å². The van der Waals surface area contributed by atoms with E-state index < -0.39 is 6.55 Å². The van der Waals surface area contributed by atoms with E-state index in [1.165, 1.54) is 0 Å². The molecule has 0 radical (unpaired) electrons. The lowest BCUT2D eigenvalue weighted by Gasteiger charge is -2.02. The number of nitrogens with zero attached hydrogens (tertiary/aromatic N) is 2. The number of aryl methyl sites for hydroxylation is 1. The fraction of sp³-hybridized carbons (Fsp3) is 0.700. The Morgan fingerprint density at radius 1 is 1.36 bits per heavy atom. The van der Waals surface area contributed by atoms with Crippen LogP contribution in [0.4, 0.5) is 8.78 Å². The molecule has 0 aliphatic carbocycles. The molecule has 2 nitrogen and oxygen atoms in total. The lowest BCUT2D eigenvalue weighted by Crippen LogP contribution is -2.02. The van der Waals surface area contributed by atoms with Gasteiger partial charge in [0.25, 0.3) is 0 Å². The molecule has 0 spiro atoms. The molecule has 1 heterocycles. The van der Waals surface area contributed by atoms with Crippen molar-refractivity contribution >= 4 is 0 Å². The van der Waals surface area contributed by atoms with Crippen molar-refractivity contribution in [1.82, 2.24) is 9.78 Å². The van der Waals surface area contributed by atoms with Crippen LogP contribution in [-0.4, -0.2) is 9.78 Å². The van der Waals surface area contributed by atoms with Crippen LogP contribution in [0.1, 0.15) is 43.3 Å². The summed E-state index contributed by atoms with van der Waals surface area (Å²) in [6, 6.07) is 0. The maximum Gasteiger partial charge on any atom is 0.333 e. The third-order valence-corrected chi connectivity index (χ3v) is 2.44. The van der Waals surface area contributed by atoms with Crippen LogP contribution in [0.15, 0.2) is 0 Å². The topological polar surface area (TPSA) is 17.8 Å². The van der Waals surface area contributed by atoms with Crippen LogP contribution in [-0.2, 0) is 6.42 Å². The predicted molar refractivity (Wildman–Crippen MR) is 51.6 cm³/mol. The van der Waals surface area contributed by atoms with Crippen LogP contribution in [0.2, 0.25) is 0 Å². The average molecular weight is 202 g/mol. The van der Waals surface area contributed by atoms with Crippen molar-refractivity contribution in [2.45, 2.75) is 46.6 Å². The summed E-state index contributed by atoms with van der Waals surface area (Å²) in [6.45, 7) is 3.06. The Balaban J connectivity index is 2.93. The first-order valence-electron chi connectivity index (χ1n) is 4.90. The van der Waals surface area contributed by atoms with E-state index in [1.54, 1.807) is 13.8 Å². The Morgan fingerprint density at radius 2 is 2.00 bits per heavy atom. The molecule has 0 bridgehead atoms. The molecule has 0 aromatic carbocycles. The number of aromatic nitrogens is 2. The molecule has 0 unspecified atom stereocenters. The first kappa shape index (κ1) is 11.1. The number of hydrogen-bond donors (Lipinski definition) is 0. The first-order chi connectivity index (χ1) is 6.57. The number of halogens is 2. The molecule has 1 aromatic rings. The Kier molecular flexibility index (Phi) is 3.61. The molecule has 1 aromatic heterocycles. The average Bonchev–Trinajstić information content (AvgIpc) is 2.40. The number of rotatable bonds is 4. The van der Waals surface area contributed by atoms with E-state index in [2.05, 4.69) is 12.0 Å². The smallest absolute Gasteiger partial charge is 0.208 e. The van der Waals surface area contributed by atoms with E-state index in [0.29, 0.717) is 5.69 Å². The Bertz CT molecular complexity index is 305. The highest BCUT2D eigenvalue weighted by Gasteiger charge is 2.16. The molecule has 0 amide bonds. The molecule has 1 rings (SSSR count). The summed E-state index contributed by atoms with van der Waals surface area (Å²) in [5.74, 6) is 0. The first-order valence-corrected chi connectivity index (χ1v) is 4.90. The molecule has 0 saturated carbocycles. The Morgan fingerprint density at radius 3 is 2.43 bits per heavy atom. The fourth-order valence-electron chi connectivity index (χ4n) is 1.60. The van der Waals surface area contributed by atoms with Crippen molar-refractivity contribution < 1.29 is 8.78 Å². The molecule has 0 saturated heterocycles. The zero-order chi connectivity index (χ0) is 10.7. The van der Waals surface area contributed by atoms with E-state index in [-0.39, 0.29) is 0 Å². The second-order valence-corrected chi connectivity index (χ2v) is 3.48. The van der Waals surface area contributed by atoms with Crippen molar-refractivity contribution in [3.8, 4) is 0 Å². The van der Waals surface area contributed by atoms with Gasteiger partial charge >= 0.3 is 6.55 Å². The predicted octanol–water partition coefficient (Wildman–Crippen LogP) is 3.24. The quantitative estimate of drug-likeness (QED) is 0.732. The summed E-state index contributed by atoms with van der Waals surface area (Å²) in [7, 11) is 0. The maximum absolute atomic E-state index is 12.4. The zero-order valence-electron chi connectivity index (χ0n) is 8.85. The van der Waals surface area contributed by atoms with E-state index >= 15 is 0 Å². The number of unbranched alkanes of at least 4 members (excludes halogenated alkanes) is 1. The highest BCUT2D eigenvalue weighted by Crippen LogP contribution is 2.20. The highest BCUT2D eigenvalue weighted by atomic mass is 19.3. The molecule has 80 valence electrons. The van der Waals surface area contributed by atoms with Crippen molar-refractivity contribution in [1.29, 1.82) is 0 Å². The van der Waals surface area contributed by atoms with Crippen LogP contribution in [0.3, 0.4) is 0 Å². The summed E-state index contributed by atoms with van der Waals surface area (Å²) >= 11 is 0. The maximum atomic E-state index is 12.4. The largest absolute Gasteiger partial charge is 0.333 e. The molecular formula is C10H16F2N2. The van der Waals surface area contributed by atoms with Gasteiger partial charge in [0, 0.05) is 5.69 Å². The SMILES string of the molecule is CCCCc1c(C)nn(C(F)F)c1C. The molecule has 0 atom stereocenters. The van der Waals surface area contributed by atoms with Gasteiger partial charge < -0.3 is 0 Å². The summed E-state index contributed by atoms with van der Waals surface area (Å²) in [5.41, 5.74) is 2.31. The minimum atomic E-state index is -2.52. The number of hydrogen-bond acceptors (Lipinski definition) is 1. The third kappa shape index (κ3) is 2.11. The lowest BCUT2D eigenvalue weighted by atomic mass is 10.1. The standard InChI is InChI=1S/C10H16F2N2/c1-4-5-6-9-7(2)13-14(8(9)3)10(11)12/h10H,4-6H2,1-3H3. The highest BCUT2D eigenvalue weighted by molar-refractivity contribution is 5.24. The molecule has 0 aliphatic heterocycles. The van der Waals surface area contributed by atoms with Gasteiger partial charge in [0.15, 0.2) is 0 Å². The summed E-state index contributed by atoms with van der Waals surface area (Å²) in [4.78, 5) is 0. The van der Waals surface area contributed by atoms with Crippen molar-refractivity contribution in [2.24, 2.45) is 0 Å². The van der Waals surface area contributed by atoms with Gasteiger partial charge in [-0.25, -0.2) is 4.68 Å². The molecule has 4 heteroatoms. The van der Waals surface area contributed by atoms with Gasteiger partial charge in [0.1, 0.15) is 0 Å². The monoisotopic (exact) mass is 202 g/mol. The van der Waals surface area contributed by atoms with Crippen LogP contribution >= 0.6 is 0 Å². The summed E-state index contributed by atoms with van der Waals surface area (Å²) in [6.07, 6.45) is 2.94. The van der Waals surface area contributed by atoms with Gasteiger partial charge in [-0.05, 0) is 32.3 Å². The Labute approximate surface area is 82.9 Å². The van der Waals surface area contributed by atoms with Gasteiger partial charge in [0.05, 0.1) is 5.69 Å². The van der Waals surface area contributed by atoms with E-state index in [1.807, 2.05) is 0 Å². The van der Waals surface area contributed by atoms with Crippen molar-refractivity contribution in [2.75, 3.05) is 0 Å². The molecule has 0 N–H and O–H groups in total. The van der Waals surface area contributed by atoms with Crippen molar-refractivity contribution in [3.05, 3.63) is 17.0 Å². The summed E-state index contributed by atoms with van der Waals surface area (Å²) < 4.78 is 25.7. The van der Waals surface area contributed by atoms with Gasteiger partial charge in [-0.15, -0.1) is 0 Å². The normalized spacial score (nSPS) is 11.3. The second-order valence-electron chi connectivity index (χ2n) is 3.48. The minimum Gasteiger partial charge on any atom is -0.208 e. The number of alkyl halides is 2. The molecule has 0 aliphatic rings. The van der Waals surface area contributed by atoms with Crippen LogP contribution < -0.4 is 0 Å². The molecular weight excluding hydrogens is 186 g/mol. The van der Waals surface area contributed by atoms with Crippen LogP contribution in [0.25, 0.3) is 0 Å². The summed E-state index contributed by atoms with van der Waals surface area (Å²) in [5, 5.41) is 3.83. The van der Waals surface area contributed by atoms with Crippen LogP contribution in [0.5, 0.6) is 0 Å². The minimum absolute atomic E-state index is 0.603. The zero-order valence-corrected chi connectivity index (χ0v) is 8.85. The molecule has 14 heavy (non-hydrogen) atoms. The van der Waals surface area contributed by atoms with Gasteiger partial charge in [-0.3, -0.25) is 0 Å². The molecule has 0 fully saturated rings. The van der Waals surface area contributed by atoms with Gasteiger partial charge in [-0.1, -0.05) is 13.3 Å². The van der Waals surface area contributed by atoms with E-state index in [0.717, 1.165) is 35.2 Å².